The summed E-state index contributed by atoms with van der Waals surface area (Å²) in [5.41, 5.74) is -2.27. The number of carbonyl (C=O) groups excluding carboxylic acids is 1. The van der Waals surface area contributed by atoms with Gasteiger partial charge in [0.15, 0.2) is 0 Å². The summed E-state index contributed by atoms with van der Waals surface area (Å²) >= 11 is 0. The summed E-state index contributed by atoms with van der Waals surface area (Å²) in [7, 11) is 0. The van der Waals surface area contributed by atoms with E-state index in [9.17, 15) is 18.0 Å². The quantitative estimate of drug-likeness (QED) is 0.854. The lowest BCUT2D eigenvalue weighted by molar-refractivity contribution is -0.168. The van der Waals surface area contributed by atoms with E-state index in [0.29, 0.717) is 13.1 Å². The summed E-state index contributed by atoms with van der Waals surface area (Å²) in [6.45, 7) is 8.23. The third kappa shape index (κ3) is 4.52. The van der Waals surface area contributed by atoms with Crippen LogP contribution in [0.5, 0.6) is 0 Å². The molecule has 0 radical (unpaired) electrons. The van der Waals surface area contributed by atoms with Gasteiger partial charge in [-0.1, -0.05) is 0 Å². The number of carbonyl (C=O) groups is 1. The van der Waals surface area contributed by atoms with E-state index in [0.717, 1.165) is 12.8 Å². The van der Waals surface area contributed by atoms with Gasteiger partial charge in [0.2, 0.25) is 0 Å². The SMILES string of the molecule is CC(NC1(C(F)(F)F)CC1)C1CCCN(C(=O)OC(C)(C)C)C1. The molecule has 1 aliphatic heterocycles. The number of hydrogen-bond donors (Lipinski definition) is 1. The summed E-state index contributed by atoms with van der Waals surface area (Å²) in [4.78, 5) is 13.8. The van der Waals surface area contributed by atoms with Gasteiger partial charge in [0.25, 0.3) is 0 Å². The second-order valence-electron chi connectivity index (χ2n) is 7.84. The van der Waals surface area contributed by atoms with E-state index in [1.165, 1.54) is 0 Å². The van der Waals surface area contributed by atoms with Crippen LogP contribution >= 0.6 is 0 Å². The second-order valence-corrected chi connectivity index (χ2v) is 7.84. The fourth-order valence-corrected chi connectivity index (χ4v) is 3.10. The molecular formula is C16H27F3N2O2. The minimum absolute atomic E-state index is 0.0103. The van der Waals surface area contributed by atoms with Crippen molar-refractivity contribution < 1.29 is 22.7 Å². The summed E-state index contributed by atoms with van der Waals surface area (Å²) in [5.74, 6) is 0.0103. The van der Waals surface area contributed by atoms with E-state index in [4.69, 9.17) is 4.74 Å². The van der Waals surface area contributed by atoms with Crippen molar-refractivity contribution in [3.63, 3.8) is 0 Å². The molecule has 1 N–H and O–H groups in total. The van der Waals surface area contributed by atoms with E-state index in [1.807, 2.05) is 0 Å². The van der Waals surface area contributed by atoms with Crippen LogP contribution in [0.4, 0.5) is 18.0 Å². The normalized spacial score (nSPS) is 25.9. The second kappa shape index (κ2) is 6.15. The Morgan fingerprint density at radius 2 is 1.91 bits per heavy atom. The van der Waals surface area contributed by atoms with Crippen molar-refractivity contribution in [3.05, 3.63) is 0 Å². The number of halogens is 3. The molecule has 4 nitrogen and oxygen atoms in total. The number of nitrogens with one attached hydrogen (secondary N) is 1. The minimum atomic E-state index is -4.21. The number of nitrogens with zero attached hydrogens (tertiary/aromatic N) is 1. The third-order valence-electron chi connectivity index (χ3n) is 4.61. The van der Waals surface area contributed by atoms with Crippen molar-refractivity contribution in [1.29, 1.82) is 0 Å². The molecule has 1 saturated heterocycles. The Bertz CT molecular complexity index is 442. The molecule has 1 amide bonds. The lowest BCUT2D eigenvalue weighted by Crippen LogP contribution is -2.54. The predicted molar refractivity (Wildman–Crippen MR) is 81.1 cm³/mol. The first-order valence-electron chi connectivity index (χ1n) is 8.26. The van der Waals surface area contributed by atoms with Crippen molar-refractivity contribution in [2.45, 2.75) is 76.7 Å². The van der Waals surface area contributed by atoms with E-state index in [2.05, 4.69) is 5.32 Å². The summed E-state index contributed by atoms with van der Waals surface area (Å²) in [6, 6.07) is -0.288. The average Bonchev–Trinajstić information content (AvgIpc) is 3.17. The molecule has 2 aliphatic rings. The van der Waals surface area contributed by atoms with E-state index < -0.39 is 17.3 Å². The van der Waals surface area contributed by atoms with Crippen molar-refractivity contribution in [2.75, 3.05) is 13.1 Å². The molecule has 0 aromatic carbocycles. The molecule has 0 spiro atoms. The van der Waals surface area contributed by atoms with Crippen LogP contribution in [0.2, 0.25) is 0 Å². The molecule has 1 saturated carbocycles. The number of alkyl halides is 3. The topological polar surface area (TPSA) is 41.6 Å². The molecule has 134 valence electrons. The first kappa shape index (κ1) is 18.4. The molecule has 1 heterocycles. The van der Waals surface area contributed by atoms with E-state index in [1.54, 1.807) is 32.6 Å². The highest BCUT2D eigenvalue weighted by molar-refractivity contribution is 5.68. The molecule has 23 heavy (non-hydrogen) atoms. The van der Waals surface area contributed by atoms with Crippen LogP contribution in [0.1, 0.15) is 53.4 Å². The van der Waals surface area contributed by atoms with Gasteiger partial charge in [-0.3, -0.25) is 0 Å². The predicted octanol–water partition coefficient (Wildman–Crippen LogP) is 3.71. The molecule has 0 aromatic rings. The van der Waals surface area contributed by atoms with Gasteiger partial charge in [-0.05, 0) is 59.3 Å². The molecule has 2 fully saturated rings. The Kier molecular flexibility index (Phi) is 4.91. The monoisotopic (exact) mass is 336 g/mol. The Labute approximate surface area is 135 Å². The Morgan fingerprint density at radius 1 is 1.30 bits per heavy atom. The lowest BCUT2D eigenvalue weighted by Gasteiger charge is -2.38. The Balaban J connectivity index is 1.92. The van der Waals surface area contributed by atoms with Gasteiger partial charge in [0.05, 0.1) is 0 Å². The van der Waals surface area contributed by atoms with Crippen molar-refractivity contribution in [2.24, 2.45) is 5.92 Å². The van der Waals surface area contributed by atoms with Crippen LogP contribution in [0.25, 0.3) is 0 Å². The largest absolute Gasteiger partial charge is 0.444 e. The summed E-state index contributed by atoms with van der Waals surface area (Å²) in [6.07, 6.45) is -2.70. The van der Waals surface area contributed by atoms with E-state index in [-0.39, 0.29) is 30.9 Å². The van der Waals surface area contributed by atoms with Crippen LogP contribution < -0.4 is 5.32 Å². The standard InChI is InChI=1S/C16H27F3N2O2/c1-11(20-15(7-8-15)16(17,18)19)12-6-5-9-21(10-12)13(22)23-14(2,3)4/h11-12,20H,5-10H2,1-4H3. The third-order valence-corrected chi connectivity index (χ3v) is 4.61. The van der Waals surface area contributed by atoms with Gasteiger partial charge in [0.1, 0.15) is 11.1 Å². The summed E-state index contributed by atoms with van der Waals surface area (Å²) < 4.78 is 44.6. The molecule has 7 heteroatoms. The highest BCUT2D eigenvalue weighted by Crippen LogP contribution is 2.49. The number of likely N-dealkylation sites (tertiary alicyclic amines) is 1. The Morgan fingerprint density at radius 3 is 2.39 bits per heavy atom. The maximum absolute atomic E-state index is 13.1. The van der Waals surface area contributed by atoms with E-state index >= 15 is 0 Å². The zero-order valence-electron chi connectivity index (χ0n) is 14.3. The van der Waals surface area contributed by atoms with Gasteiger partial charge in [0, 0.05) is 19.1 Å². The molecule has 0 bridgehead atoms. The van der Waals surface area contributed by atoms with Crippen molar-refractivity contribution in [3.8, 4) is 0 Å². The zero-order valence-corrected chi connectivity index (χ0v) is 14.3. The molecule has 2 unspecified atom stereocenters. The fourth-order valence-electron chi connectivity index (χ4n) is 3.10. The fraction of sp³-hybridized carbons (Fsp3) is 0.938. The van der Waals surface area contributed by atoms with Gasteiger partial charge >= 0.3 is 12.3 Å². The first-order chi connectivity index (χ1) is 10.4. The molecule has 1 aliphatic carbocycles. The van der Waals surface area contributed by atoms with Gasteiger partial charge in [-0.25, -0.2) is 4.79 Å². The van der Waals surface area contributed by atoms with Crippen LogP contribution in [-0.4, -0.2) is 47.4 Å². The number of amides is 1. The van der Waals surface area contributed by atoms with Crippen LogP contribution in [-0.2, 0) is 4.74 Å². The van der Waals surface area contributed by atoms with Gasteiger partial charge in [-0.2, -0.15) is 13.2 Å². The molecule has 2 atom stereocenters. The minimum Gasteiger partial charge on any atom is -0.444 e. The molecule has 0 aromatic heterocycles. The van der Waals surface area contributed by atoms with Crippen LogP contribution in [0, 0.1) is 5.92 Å². The Hall–Kier alpha value is -0.980. The zero-order chi connectivity index (χ0) is 17.5. The number of rotatable bonds is 3. The highest BCUT2D eigenvalue weighted by atomic mass is 19.4. The number of ether oxygens (including phenoxy) is 1. The maximum atomic E-state index is 13.1. The summed E-state index contributed by atoms with van der Waals surface area (Å²) in [5, 5.41) is 2.78. The molecule has 2 rings (SSSR count). The van der Waals surface area contributed by atoms with Crippen LogP contribution in [0.15, 0.2) is 0 Å². The number of hydrogen-bond acceptors (Lipinski definition) is 3. The smallest absolute Gasteiger partial charge is 0.410 e. The lowest BCUT2D eigenvalue weighted by atomic mass is 9.91. The first-order valence-corrected chi connectivity index (χ1v) is 8.26. The molecular weight excluding hydrogens is 309 g/mol. The van der Waals surface area contributed by atoms with Gasteiger partial charge in [-0.15, -0.1) is 0 Å². The van der Waals surface area contributed by atoms with Crippen molar-refractivity contribution >= 4 is 6.09 Å². The maximum Gasteiger partial charge on any atom is 0.410 e. The van der Waals surface area contributed by atoms with Crippen LogP contribution in [0.3, 0.4) is 0 Å². The average molecular weight is 336 g/mol. The number of piperidine rings is 1. The van der Waals surface area contributed by atoms with Crippen molar-refractivity contribution in [1.82, 2.24) is 10.2 Å². The highest BCUT2D eigenvalue weighted by Gasteiger charge is 2.63. The van der Waals surface area contributed by atoms with Gasteiger partial charge < -0.3 is 15.0 Å².